The maximum atomic E-state index is 12.4. The normalized spacial score (nSPS) is 32.5. The van der Waals surface area contributed by atoms with Gasteiger partial charge in [0.05, 0.1) is 22.5 Å². The summed E-state index contributed by atoms with van der Waals surface area (Å²) in [5.74, 6) is -0.342. The summed E-state index contributed by atoms with van der Waals surface area (Å²) >= 11 is 3.22. The van der Waals surface area contributed by atoms with E-state index < -0.39 is 0 Å². The number of phenols is 1. The van der Waals surface area contributed by atoms with E-state index in [0.717, 1.165) is 11.4 Å². The van der Waals surface area contributed by atoms with Gasteiger partial charge >= 0.3 is 0 Å². The number of amides is 2. The zero-order chi connectivity index (χ0) is 15.4. The molecular weight excluding hydrogens is 348 g/mol. The van der Waals surface area contributed by atoms with Gasteiger partial charge in [-0.15, -0.1) is 0 Å². The standard InChI is InChI=1S/C16H13BrN2O3/c17-11-5-8(1-4-12(11)20)7-18-19-15(21)13-9-2-3-10(6-9)14(13)16(19)22/h1-5,7,9-10,13-14,20H,6H2/b18-7-/t9-,10-,13+,14+/m0/s1. The van der Waals surface area contributed by atoms with Crippen LogP contribution in [-0.2, 0) is 9.59 Å². The van der Waals surface area contributed by atoms with Crippen molar-refractivity contribution in [3.63, 3.8) is 0 Å². The summed E-state index contributed by atoms with van der Waals surface area (Å²) in [4.78, 5) is 24.9. The van der Waals surface area contributed by atoms with Crippen LogP contribution in [0.4, 0.5) is 0 Å². The van der Waals surface area contributed by atoms with Gasteiger partial charge in [0.25, 0.3) is 11.8 Å². The number of halogens is 1. The second-order valence-electron chi connectivity index (χ2n) is 5.94. The Hall–Kier alpha value is -1.95. The number of hydrazone groups is 1. The molecule has 4 atom stereocenters. The van der Waals surface area contributed by atoms with Crippen LogP contribution in [0.15, 0.2) is 39.9 Å². The van der Waals surface area contributed by atoms with E-state index in [1.807, 2.05) is 0 Å². The predicted molar refractivity (Wildman–Crippen MR) is 83.0 cm³/mol. The third-order valence-corrected chi connectivity index (χ3v) is 5.38. The number of hydrogen-bond acceptors (Lipinski definition) is 4. The Morgan fingerprint density at radius 1 is 1.18 bits per heavy atom. The first-order chi connectivity index (χ1) is 10.6. The molecule has 0 spiro atoms. The third-order valence-electron chi connectivity index (χ3n) is 4.74. The average Bonchev–Trinajstić information content (AvgIpc) is 3.16. The summed E-state index contributed by atoms with van der Waals surface area (Å²) in [6.45, 7) is 0. The molecule has 3 aliphatic rings. The zero-order valence-corrected chi connectivity index (χ0v) is 13.1. The van der Waals surface area contributed by atoms with E-state index in [9.17, 15) is 14.7 Å². The lowest BCUT2D eigenvalue weighted by Crippen LogP contribution is -2.28. The van der Waals surface area contributed by atoms with Gasteiger partial charge in [0.15, 0.2) is 0 Å². The zero-order valence-electron chi connectivity index (χ0n) is 11.5. The smallest absolute Gasteiger partial charge is 0.254 e. The number of hydrogen-bond donors (Lipinski definition) is 1. The minimum atomic E-state index is -0.230. The van der Waals surface area contributed by atoms with E-state index in [-0.39, 0.29) is 41.2 Å². The second-order valence-corrected chi connectivity index (χ2v) is 6.80. The van der Waals surface area contributed by atoms with Crippen LogP contribution in [0.5, 0.6) is 5.75 Å². The maximum absolute atomic E-state index is 12.4. The molecule has 5 nitrogen and oxygen atoms in total. The first-order valence-electron chi connectivity index (χ1n) is 7.15. The van der Waals surface area contributed by atoms with Gasteiger partial charge in [-0.3, -0.25) is 9.59 Å². The van der Waals surface area contributed by atoms with Crippen molar-refractivity contribution < 1.29 is 14.7 Å². The second kappa shape index (κ2) is 4.78. The van der Waals surface area contributed by atoms with E-state index in [4.69, 9.17) is 0 Å². The first kappa shape index (κ1) is 13.7. The van der Waals surface area contributed by atoms with Crippen LogP contribution in [0.25, 0.3) is 0 Å². The lowest BCUT2D eigenvalue weighted by Gasteiger charge is -2.13. The largest absolute Gasteiger partial charge is 0.507 e. The van der Waals surface area contributed by atoms with Gasteiger partial charge in [-0.2, -0.15) is 10.1 Å². The van der Waals surface area contributed by atoms with E-state index in [0.29, 0.717) is 10.0 Å². The van der Waals surface area contributed by atoms with E-state index >= 15 is 0 Å². The third kappa shape index (κ3) is 1.86. The lowest BCUT2D eigenvalue weighted by atomic mass is 9.85. The number of imide groups is 1. The van der Waals surface area contributed by atoms with Gasteiger partial charge in [0.1, 0.15) is 5.75 Å². The maximum Gasteiger partial charge on any atom is 0.254 e. The quantitative estimate of drug-likeness (QED) is 0.499. The van der Waals surface area contributed by atoms with Crippen molar-refractivity contribution in [3.05, 3.63) is 40.4 Å². The van der Waals surface area contributed by atoms with Crippen LogP contribution in [0, 0.1) is 23.7 Å². The molecule has 1 heterocycles. The summed E-state index contributed by atoms with van der Waals surface area (Å²) in [6, 6.07) is 4.87. The molecule has 2 amide bonds. The molecule has 0 radical (unpaired) electrons. The molecule has 112 valence electrons. The molecule has 1 N–H and O–H groups in total. The fourth-order valence-corrected chi connectivity index (χ4v) is 4.12. The summed E-state index contributed by atoms with van der Waals surface area (Å²) in [5.41, 5.74) is 0.698. The van der Waals surface area contributed by atoms with Gasteiger partial charge < -0.3 is 5.11 Å². The Morgan fingerprint density at radius 3 is 2.41 bits per heavy atom. The molecule has 1 saturated heterocycles. The number of carbonyl (C=O) groups excluding carboxylic acids is 2. The highest BCUT2D eigenvalue weighted by Crippen LogP contribution is 2.52. The SMILES string of the molecule is O=C1[C@H]2[C@H](C(=O)N1/N=C\c1ccc(O)c(Br)c1)[C@H]1C=C[C@H]2C1. The molecule has 1 aromatic rings. The molecule has 4 rings (SSSR count). The number of carbonyl (C=O) groups is 2. The molecule has 0 unspecified atom stereocenters. The lowest BCUT2D eigenvalue weighted by molar-refractivity contribution is -0.140. The molecule has 22 heavy (non-hydrogen) atoms. The van der Waals surface area contributed by atoms with Crippen molar-refractivity contribution in [1.82, 2.24) is 5.01 Å². The number of allylic oxidation sites excluding steroid dienone is 2. The van der Waals surface area contributed by atoms with Crippen LogP contribution in [0.1, 0.15) is 12.0 Å². The van der Waals surface area contributed by atoms with Crippen LogP contribution < -0.4 is 0 Å². The Labute approximate surface area is 135 Å². The fraction of sp³-hybridized carbons (Fsp3) is 0.312. The Morgan fingerprint density at radius 2 is 1.82 bits per heavy atom. The first-order valence-corrected chi connectivity index (χ1v) is 7.94. The summed E-state index contributed by atoms with van der Waals surface area (Å²) in [5, 5.41) is 14.6. The topological polar surface area (TPSA) is 70.0 Å². The molecule has 1 aliphatic heterocycles. The van der Waals surface area contributed by atoms with Gasteiger partial charge in [-0.1, -0.05) is 12.2 Å². The van der Waals surface area contributed by atoms with Gasteiger partial charge in [0, 0.05) is 0 Å². The van der Waals surface area contributed by atoms with Crippen molar-refractivity contribution >= 4 is 34.0 Å². The summed E-state index contributed by atoms with van der Waals surface area (Å²) in [7, 11) is 0. The molecule has 2 bridgehead atoms. The van der Waals surface area contributed by atoms with Gasteiger partial charge in [0.2, 0.25) is 0 Å². The minimum absolute atomic E-state index is 0.127. The number of benzene rings is 1. The highest BCUT2D eigenvalue weighted by Gasteiger charge is 2.59. The van der Waals surface area contributed by atoms with Crippen molar-refractivity contribution in [1.29, 1.82) is 0 Å². The monoisotopic (exact) mass is 360 g/mol. The van der Waals surface area contributed by atoms with E-state index in [1.54, 1.807) is 12.1 Å². The molecular formula is C16H13BrN2O3. The molecule has 2 fully saturated rings. The Bertz CT molecular complexity index is 713. The van der Waals surface area contributed by atoms with E-state index in [1.165, 1.54) is 12.3 Å². The molecule has 2 aliphatic carbocycles. The number of phenolic OH excluding ortho intramolecular Hbond substituents is 1. The van der Waals surface area contributed by atoms with Crippen LogP contribution in [-0.4, -0.2) is 28.1 Å². The van der Waals surface area contributed by atoms with Gasteiger partial charge in [-0.05, 0) is 57.9 Å². The van der Waals surface area contributed by atoms with Gasteiger partial charge in [-0.25, -0.2) is 0 Å². The van der Waals surface area contributed by atoms with Crippen molar-refractivity contribution in [2.24, 2.45) is 28.8 Å². The molecule has 6 heteroatoms. The Kier molecular flexibility index (Phi) is 2.97. The van der Waals surface area contributed by atoms with E-state index in [2.05, 4.69) is 33.2 Å². The van der Waals surface area contributed by atoms with Crippen molar-refractivity contribution in [2.75, 3.05) is 0 Å². The fourth-order valence-electron chi connectivity index (χ4n) is 3.73. The summed E-state index contributed by atoms with van der Waals surface area (Å²) < 4.78 is 0.537. The molecule has 0 aromatic heterocycles. The summed E-state index contributed by atoms with van der Waals surface area (Å²) in [6.07, 6.45) is 6.49. The molecule has 1 aromatic carbocycles. The minimum Gasteiger partial charge on any atom is -0.507 e. The average molecular weight is 361 g/mol. The van der Waals surface area contributed by atoms with Crippen LogP contribution >= 0.6 is 15.9 Å². The number of fused-ring (bicyclic) bond motifs is 5. The van der Waals surface area contributed by atoms with Crippen molar-refractivity contribution in [3.8, 4) is 5.75 Å². The molecule has 1 saturated carbocycles. The predicted octanol–water partition coefficient (Wildman–Crippen LogP) is 2.30. The van der Waals surface area contributed by atoms with Crippen LogP contribution in [0.2, 0.25) is 0 Å². The van der Waals surface area contributed by atoms with Crippen molar-refractivity contribution in [2.45, 2.75) is 6.42 Å². The number of nitrogens with zero attached hydrogens (tertiary/aromatic N) is 2. The number of aromatic hydroxyl groups is 1. The highest BCUT2D eigenvalue weighted by molar-refractivity contribution is 9.10. The van der Waals surface area contributed by atoms with Crippen LogP contribution in [0.3, 0.4) is 0 Å². The number of rotatable bonds is 2. The Balaban J connectivity index is 1.59. The highest BCUT2D eigenvalue weighted by atomic mass is 79.9.